The number of nitrogens with zero attached hydrogens (tertiary/aromatic N) is 1. The van der Waals surface area contributed by atoms with Gasteiger partial charge in [0.2, 0.25) is 0 Å². The summed E-state index contributed by atoms with van der Waals surface area (Å²) in [5.74, 6) is 0.531. The molecule has 108 valence electrons. The monoisotopic (exact) mass is 276 g/mol. The van der Waals surface area contributed by atoms with Crippen LogP contribution in [0.4, 0.5) is 4.39 Å². The van der Waals surface area contributed by atoms with E-state index >= 15 is 0 Å². The number of hydrogen-bond acceptors (Lipinski definition) is 2. The normalized spacial score (nSPS) is 28.8. The number of hydrogen-bond donors (Lipinski definition) is 1. The maximum absolute atomic E-state index is 14.2. The predicted molar refractivity (Wildman–Crippen MR) is 76.1 cm³/mol. The quantitative estimate of drug-likeness (QED) is 0.898. The van der Waals surface area contributed by atoms with Crippen LogP contribution in [-0.4, -0.2) is 36.5 Å². The first-order valence-electron chi connectivity index (χ1n) is 7.40. The Labute approximate surface area is 119 Å². The van der Waals surface area contributed by atoms with Gasteiger partial charge in [0, 0.05) is 25.7 Å². The molecule has 0 aliphatic carbocycles. The second kappa shape index (κ2) is 5.17. The second-order valence-electron chi connectivity index (χ2n) is 5.95. The zero-order valence-corrected chi connectivity index (χ0v) is 12.0. The van der Waals surface area contributed by atoms with Crippen molar-refractivity contribution >= 4 is 5.91 Å². The Bertz CT molecular complexity index is 531. The lowest BCUT2D eigenvalue weighted by Crippen LogP contribution is -2.40. The average Bonchev–Trinajstić information content (AvgIpc) is 3.01. The molecule has 0 spiro atoms. The third-order valence-electron chi connectivity index (χ3n) is 4.82. The molecule has 3 nitrogen and oxygen atoms in total. The number of amides is 1. The number of benzene rings is 1. The van der Waals surface area contributed by atoms with Crippen LogP contribution < -0.4 is 5.32 Å². The van der Waals surface area contributed by atoms with Crippen molar-refractivity contribution in [1.29, 1.82) is 0 Å². The van der Waals surface area contributed by atoms with Gasteiger partial charge in [-0.15, -0.1) is 0 Å². The minimum absolute atomic E-state index is 0.146. The highest BCUT2D eigenvalue weighted by Crippen LogP contribution is 2.35. The van der Waals surface area contributed by atoms with Gasteiger partial charge in [-0.1, -0.05) is 19.1 Å². The van der Waals surface area contributed by atoms with Crippen molar-refractivity contribution in [3.63, 3.8) is 0 Å². The summed E-state index contributed by atoms with van der Waals surface area (Å²) in [4.78, 5) is 14.6. The molecule has 2 saturated heterocycles. The van der Waals surface area contributed by atoms with E-state index in [9.17, 15) is 9.18 Å². The van der Waals surface area contributed by atoms with Crippen LogP contribution in [-0.2, 0) is 0 Å². The standard InChI is InChI=1S/C16H21FN2O/c1-3-14-13-8-18-7-11(13)9-19(14)16(20)12-6-4-5-10(2)15(12)17/h4-6,11,13-14,18H,3,7-9H2,1-2H3. The molecule has 2 aliphatic heterocycles. The van der Waals surface area contributed by atoms with E-state index in [1.165, 1.54) is 0 Å². The van der Waals surface area contributed by atoms with Gasteiger partial charge in [0.25, 0.3) is 5.91 Å². The molecule has 0 aromatic heterocycles. The fraction of sp³-hybridized carbons (Fsp3) is 0.562. The van der Waals surface area contributed by atoms with Crippen molar-refractivity contribution in [3.8, 4) is 0 Å². The first kappa shape index (κ1) is 13.6. The highest BCUT2D eigenvalue weighted by Gasteiger charge is 2.45. The van der Waals surface area contributed by atoms with Crippen molar-refractivity contribution < 1.29 is 9.18 Å². The van der Waals surface area contributed by atoms with Crippen molar-refractivity contribution in [1.82, 2.24) is 10.2 Å². The number of halogens is 1. The van der Waals surface area contributed by atoms with E-state index < -0.39 is 0 Å². The van der Waals surface area contributed by atoms with E-state index in [0.29, 0.717) is 17.4 Å². The minimum Gasteiger partial charge on any atom is -0.335 e. The lowest BCUT2D eigenvalue weighted by Gasteiger charge is -2.27. The van der Waals surface area contributed by atoms with Crippen LogP contribution in [0.1, 0.15) is 29.3 Å². The number of nitrogens with one attached hydrogen (secondary N) is 1. The molecule has 2 heterocycles. The zero-order valence-electron chi connectivity index (χ0n) is 12.0. The molecule has 20 heavy (non-hydrogen) atoms. The van der Waals surface area contributed by atoms with Crippen LogP contribution in [0.25, 0.3) is 0 Å². The fourth-order valence-corrected chi connectivity index (χ4v) is 3.75. The topological polar surface area (TPSA) is 32.3 Å². The summed E-state index contributed by atoms with van der Waals surface area (Å²) in [5, 5.41) is 3.40. The van der Waals surface area contributed by atoms with E-state index in [-0.39, 0.29) is 23.3 Å². The number of fused-ring (bicyclic) bond motifs is 1. The first-order chi connectivity index (χ1) is 9.63. The molecular formula is C16H21FN2O. The molecule has 3 rings (SSSR count). The van der Waals surface area contributed by atoms with E-state index in [4.69, 9.17) is 0 Å². The summed E-state index contributed by atoms with van der Waals surface area (Å²) in [6.45, 7) is 6.51. The molecule has 1 aromatic rings. The minimum atomic E-state index is -0.373. The summed E-state index contributed by atoms with van der Waals surface area (Å²) in [6, 6.07) is 5.29. The van der Waals surface area contributed by atoms with Crippen LogP contribution in [0.2, 0.25) is 0 Å². The average molecular weight is 276 g/mol. The molecule has 1 aromatic carbocycles. The summed E-state index contributed by atoms with van der Waals surface area (Å²) < 4.78 is 14.2. The van der Waals surface area contributed by atoms with Crippen LogP contribution in [0, 0.1) is 24.6 Å². The molecule has 0 radical (unpaired) electrons. The Morgan fingerprint density at radius 1 is 1.45 bits per heavy atom. The van der Waals surface area contributed by atoms with Crippen LogP contribution in [0.15, 0.2) is 18.2 Å². The lowest BCUT2D eigenvalue weighted by atomic mass is 9.93. The largest absolute Gasteiger partial charge is 0.335 e. The fourth-order valence-electron chi connectivity index (χ4n) is 3.75. The molecule has 2 fully saturated rings. The Balaban J connectivity index is 1.89. The van der Waals surface area contributed by atoms with Gasteiger partial charge in [0.1, 0.15) is 5.82 Å². The zero-order chi connectivity index (χ0) is 14.3. The van der Waals surface area contributed by atoms with Gasteiger partial charge in [0.05, 0.1) is 5.56 Å². The molecule has 1 N–H and O–H groups in total. The van der Waals surface area contributed by atoms with Gasteiger partial charge in [-0.3, -0.25) is 4.79 Å². The summed E-state index contributed by atoms with van der Waals surface area (Å²) in [7, 11) is 0. The Morgan fingerprint density at radius 3 is 3.00 bits per heavy atom. The van der Waals surface area contributed by atoms with Gasteiger partial charge in [-0.2, -0.15) is 0 Å². The molecule has 0 bridgehead atoms. The third-order valence-corrected chi connectivity index (χ3v) is 4.82. The maximum atomic E-state index is 14.2. The van der Waals surface area contributed by atoms with E-state index in [1.807, 2.05) is 4.90 Å². The molecule has 3 unspecified atom stereocenters. The maximum Gasteiger partial charge on any atom is 0.257 e. The van der Waals surface area contributed by atoms with Crippen LogP contribution in [0.3, 0.4) is 0 Å². The summed E-state index contributed by atoms with van der Waals surface area (Å²) in [5.41, 5.74) is 0.751. The third kappa shape index (κ3) is 2.03. The van der Waals surface area contributed by atoms with Crippen molar-refractivity contribution in [2.75, 3.05) is 19.6 Å². The van der Waals surface area contributed by atoms with Gasteiger partial charge in [-0.25, -0.2) is 4.39 Å². The van der Waals surface area contributed by atoms with E-state index in [2.05, 4.69) is 12.2 Å². The van der Waals surface area contributed by atoms with E-state index in [1.54, 1.807) is 25.1 Å². The lowest BCUT2D eigenvalue weighted by molar-refractivity contribution is 0.0706. The SMILES string of the molecule is CCC1C2CNCC2CN1C(=O)c1cccc(C)c1F. The molecule has 0 saturated carbocycles. The van der Waals surface area contributed by atoms with Gasteiger partial charge >= 0.3 is 0 Å². The number of likely N-dealkylation sites (tertiary alicyclic amines) is 1. The van der Waals surface area contributed by atoms with Crippen LogP contribution >= 0.6 is 0 Å². The highest BCUT2D eigenvalue weighted by atomic mass is 19.1. The predicted octanol–water partition coefficient (Wildman–Crippen LogP) is 2.20. The number of carbonyl (C=O) groups excluding carboxylic acids is 1. The highest BCUT2D eigenvalue weighted by molar-refractivity contribution is 5.95. The van der Waals surface area contributed by atoms with Gasteiger partial charge < -0.3 is 10.2 Å². The number of aryl methyl sites for hydroxylation is 1. The van der Waals surface area contributed by atoms with Gasteiger partial charge in [0.15, 0.2) is 0 Å². The number of carbonyl (C=O) groups is 1. The Kier molecular flexibility index (Phi) is 3.50. The van der Waals surface area contributed by atoms with Crippen molar-refractivity contribution in [3.05, 3.63) is 35.1 Å². The van der Waals surface area contributed by atoms with Gasteiger partial charge in [-0.05, 0) is 36.8 Å². The Morgan fingerprint density at radius 2 is 2.25 bits per heavy atom. The Hall–Kier alpha value is -1.42. The van der Waals surface area contributed by atoms with Crippen LogP contribution in [0.5, 0.6) is 0 Å². The van der Waals surface area contributed by atoms with E-state index in [0.717, 1.165) is 26.1 Å². The summed E-state index contributed by atoms with van der Waals surface area (Å²) >= 11 is 0. The molecular weight excluding hydrogens is 255 g/mol. The van der Waals surface area contributed by atoms with Crippen molar-refractivity contribution in [2.45, 2.75) is 26.3 Å². The second-order valence-corrected chi connectivity index (χ2v) is 5.95. The smallest absolute Gasteiger partial charge is 0.257 e. The summed E-state index contributed by atoms with van der Waals surface area (Å²) in [6.07, 6.45) is 0.933. The molecule has 2 aliphatic rings. The van der Waals surface area contributed by atoms with Crippen molar-refractivity contribution in [2.24, 2.45) is 11.8 Å². The molecule has 3 atom stereocenters. The molecule has 1 amide bonds. The molecule has 4 heteroatoms. The first-order valence-corrected chi connectivity index (χ1v) is 7.40. The number of rotatable bonds is 2.